The second-order valence-corrected chi connectivity index (χ2v) is 2.56. The van der Waals surface area contributed by atoms with Gasteiger partial charge in [-0.2, -0.15) is 0 Å². The van der Waals surface area contributed by atoms with Crippen molar-refractivity contribution in [3.63, 3.8) is 0 Å². The fourth-order valence-electron chi connectivity index (χ4n) is 0. The first-order chi connectivity index (χ1) is 7.54. The van der Waals surface area contributed by atoms with Crippen molar-refractivity contribution in [1.82, 2.24) is 0 Å². The molecule has 0 aliphatic heterocycles. The van der Waals surface area contributed by atoms with Crippen molar-refractivity contribution in [1.29, 1.82) is 0 Å². The topological polar surface area (TPSA) is 43.1 Å². The fraction of sp³-hybridized carbons (Fsp3) is 0.714. The van der Waals surface area contributed by atoms with Crippen molar-refractivity contribution in [2.75, 3.05) is 0 Å². The number of rotatable bonds is 1. The highest BCUT2D eigenvalue weighted by molar-refractivity contribution is 5.10. The number of hydrogen-bond donors (Lipinski definition) is 1. The van der Waals surface area contributed by atoms with E-state index in [1.54, 1.807) is 0 Å². The van der Waals surface area contributed by atoms with E-state index >= 15 is 0 Å². The molecule has 2 nitrogen and oxygen atoms in total. The summed E-state index contributed by atoms with van der Waals surface area (Å²) in [6.07, 6.45) is 1.08. The van der Waals surface area contributed by atoms with Crippen LogP contribution in [0.3, 0.4) is 0 Å². The first-order valence-electron chi connectivity index (χ1n) is 5.92. The van der Waals surface area contributed by atoms with Crippen LogP contribution in [0.5, 0.6) is 0 Å². The lowest BCUT2D eigenvalue weighted by Gasteiger charge is -1.91. The highest BCUT2D eigenvalue weighted by Gasteiger charge is 1.79. The zero-order chi connectivity index (χ0) is 14.6. The molecule has 100 valence electrons. The van der Waals surface area contributed by atoms with E-state index in [-0.39, 0.29) is 0 Å². The molecular weight excluding hydrogens is 198 g/mol. The van der Waals surface area contributed by atoms with Gasteiger partial charge in [0, 0.05) is 6.04 Å². The standard InChI is InChI=1S/C5H8.C4H11N.2C2H6.CH2O/c1-4-5(2)3;1-3-4(2)5;3*1-2/h1H2,2-3H3;4H,3,5H2,1-2H3;2*1-2H3;1H2. The largest absolute Gasteiger partial charge is 0.328 e. The van der Waals surface area contributed by atoms with Crippen LogP contribution in [-0.2, 0) is 4.79 Å². The van der Waals surface area contributed by atoms with E-state index in [4.69, 9.17) is 10.5 Å². The smallest absolute Gasteiger partial charge is 0.106 e. The third kappa shape index (κ3) is 196. The van der Waals surface area contributed by atoms with Crippen molar-refractivity contribution in [2.45, 2.75) is 67.9 Å². The molecule has 0 rings (SSSR count). The van der Waals surface area contributed by atoms with Crippen molar-refractivity contribution in [2.24, 2.45) is 5.73 Å². The third-order valence-electron chi connectivity index (χ3n) is 0.998. The Hall–Kier alpha value is -0.850. The molecule has 0 radical (unpaired) electrons. The van der Waals surface area contributed by atoms with Crippen LogP contribution in [0.2, 0.25) is 0 Å². The van der Waals surface area contributed by atoms with Crippen molar-refractivity contribution < 1.29 is 4.79 Å². The Morgan fingerprint density at radius 3 is 1.31 bits per heavy atom. The molecular formula is C14H33NO. The van der Waals surface area contributed by atoms with Crippen LogP contribution in [0.4, 0.5) is 0 Å². The van der Waals surface area contributed by atoms with Gasteiger partial charge in [-0.25, -0.2) is 0 Å². The molecule has 0 saturated carbocycles. The first kappa shape index (κ1) is 29.4. The lowest BCUT2D eigenvalue weighted by Crippen LogP contribution is -2.11. The van der Waals surface area contributed by atoms with Gasteiger partial charge in [0.1, 0.15) is 6.79 Å². The Morgan fingerprint density at radius 2 is 1.31 bits per heavy atom. The maximum absolute atomic E-state index is 8.00. The van der Waals surface area contributed by atoms with E-state index in [0.29, 0.717) is 6.04 Å². The Bertz CT molecular complexity index is 121. The SMILES string of the molecule is C=C=C(C)C.C=O.CC.CC.CCC(C)N. The van der Waals surface area contributed by atoms with E-state index in [1.165, 1.54) is 0 Å². The van der Waals surface area contributed by atoms with Gasteiger partial charge in [0.15, 0.2) is 0 Å². The molecule has 0 heterocycles. The first-order valence-corrected chi connectivity index (χ1v) is 5.92. The fourth-order valence-corrected chi connectivity index (χ4v) is 0. The predicted octanol–water partition coefficient (Wildman–Crippen LogP) is 4.35. The number of carbonyl (C=O) groups is 1. The molecule has 0 aliphatic carbocycles. The molecule has 0 saturated heterocycles. The molecule has 0 aromatic rings. The van der Waals surface area contributed by atoms with Crippen LogP contribution in [0.15, 0.2) is 17.9 Å². The average Bonchev–Trinajstić information content (AvgIpc) is 2.37. The molecule has 0 aromatic carbocycles. The summed E-state index contributed by atoms with van der Waals surface area (Å²) in [4.78, 5) is 8.00. The monoisotopic (exact) mass is 231 g/mol. The van der Waals surface area contributed by atoms with Crippen LogP contribution in [0, 0.1) is 0 Å². The Kier molecular flexibility index (Phi) is 88.1. The summed E-state index contributed by atoms with van der Waals surface area (Å²) >= 11 is 0. The number of nitrogens with two attached hydrogens (primary N) is 1. The van der Waals surface area contributed by atoms with Gasteiger partial charge in [0.05, 0.1) is 0 Å². The molecule has 0 amide bonds. The van der Waals surface area contributed by atoms with Crippen LogP contribution in [0.25, 0.3) is 0 Å². The molecule has 1 unspecified atom stereocenters. The minimum Gasteiger partial charge on any atom is -0.328 e. The molecule has 2 N–H and O–H groups in total. The van der Waals surface area contributed by atoms with E-state index in [0.717, 1.165) is 12.0 Å². The van der Waals surface area contributed by atoms with Crippen molar-refractivity contribution in [3.05, 3.63) is 17.9 Å². The molecule has 0 bridgehead atoms. The molecule has 0 spiro atoms. The Balaban J connectivity index is -0.0000000345. The van der Waals surface area contributed by atoms with Gasteiger partial charge in [0.25, 0.3) is 0 Å². The van der Waals surface area contributed by atoms with Gasteiger partial charge in [-0.05, 0) is 32.8 Å². The van der Waals surface area contributed by atoms with Gasteiger partial charge < -0.3 is 10.5 Å². The maximum atomic E-state index is 8.00. The summed E-state index contributed by atoms with van der Waals surface area (Å²) in [7, 11) is 0. The zero-order valence-corrected chi connectivity index (χ0v) is 12.7. The molecule has 1 atom stereocenters. The lowest BCUT2D eigenvalue weighted by molar-refractivity contribution is -0.0979. The molecule has 16 heavy (non-hydrogen) atoms. The van der Waals surface area contributed by atoms with Crippen molar-refractivity contribution in [3.8, 4) is 0 Å². The summed E-state index contributed by atoms with van der Waals surface area (Å²) in [6, 6.07) is 0.384. The third-order valence-corrected chi connectivity index (χ3v) is 0.998. The molecule has 0 aromatic heterocycles. The van der Waals surface area contributed by atoms with Gasteiger partial charge in [-0.15, -0.1) is 5.73 Å². The normalized spacial score (nSPS) is 7.56. The summed E-state index contributed by atoms with van der Waals surface area (Å²) < 4.78 is 0. The van der Waals surface area contributed by atoms with E-state index in [1.807, 2.05) is 55.3 Å². The van der Waals surface area contributed by atoms with E-state index < -0.39 is 0 Å². The zero-order valence-electron chi connectivity index (χ0n) is 12.7. The molecule has 0 aliphatic rings. The van der Waals surface area contributed by atoms with Crippen LogP contribution >= 0.6 is 0 Å². The number of allylic oxidation sites excluding steroid dienone is 1. The lowest BCUT2D eigenvalue weighted by atomic mass is 10.3. The highest BCUT2D eigenvalue weighted by Crippen LogP contribution is 1.77. The highest BCUT2D eigenvalue weighted by atomic mass is 16.1. The van der Waals surface area contributed by atoms with Gasteiger partial charge >= 0.3 is 0 Å². The van der Waals surface area contributed by atoms with E-state index in [9.17, 15) is 0 Å². The average molecular weight is 231 g/mol. The Labute approximate surface area is 104 Å². The number of carbonyl (C=O) groups excluding carboxylic acids is 1. The summed E-state index contributed by atoms with van der Waals surface area (Å²) in [5, 5.41) is 0. The van der Waals surface area contributed by atoms with Gasteiger partial charge in [-0.3, -0.25) is 0 Å². The summed E-state index contributed by atoms with van der Waals surface area (Å²) in [5.41, 5.74) is 9.13. The quantitative estimate of drug-likeness (QED) is 0.682. The summed E-state index contributed by atoms with van der Waals surface area (Å²) in [6.45, 7) is 21.4. The predicted molar refractivity (Wildman–Crippen MR) is 77.8 cm³/mol. The minimum atomic E-state index is 0.384. The van der Waals surface area contributed by atoms with Crippen LogP contribution in [-0.4, -0.2) is 12.8 Å². The van der Waals surface area contributed by atoms with Crippen LogP contribution in [0.1, 0.15) is 61.8 Å². The molecule has 0 fully saturated rings. The van der Waals surface area contributed by atoms with E-state index in [2.05, 4.69) is 19.2 Å². The molecule has 2 heteroatoms. The minimum absolute atomic E-state index is 0.384. The Morgan fingerprint density at radius 1 is 1.19 bits per heavy atom. The van der Waals surface area contributed by atoms with Gasteiger partial charge in [-0.1, -0.05) is 41.2 Å². The second-order valence-electron chi connectivity index (χ2n) is 2.56. The van der Waals surface area contributed by atoms with Gasteiger partial charge in [0.2, 0.25) is 0 Å². The second kappa shape index (κ2) is 47.9. The van der Waals surface area contributed by atoms with Crippen LogP contribution < -0.4 is 5.73 Å². The summed E-state index contributed by atoms with van der Waals surface area (Å²) in [5.74, 6) is 0. The van der Waals surface area contributed by atoms with Crippen molar-refractivity contribution >= 4 is 6.79 Å². The number of hydrogen-bond acceptors (Lipinski definition) is 2. The maximum Gasteiger partial charge on any atom is 0.106 e.